The second kappa shape index (κ2) is 9.21. The van der Waals surface area contributed by atoms with Crippen LogP contribution in [0.1, 0.15) is 41.5 Å². The summed E-state index contributed by atoms with van der Waals surface area (Å²) in [5, 5.41) is 0. The number of ether oxygens (including phenoxy) is 9. The van der Waals surface area contributed by atoms with Crippen LogP contribution in [0.3, 0.4) is 0 Å². The molecule has 0 aromatic heterocycles. The molecule has 0 amide bonds. The number of carbonyl (C=O) groups is 2. The summed E-state index contributed by atoms with van der Waals surface area (Å²) in [6, 6.07) is 0. The predicted molar refractivity (Wildman–Crippen MR) is 108 cm³/mol. The summed E-state index contributed by atoms with van der Waals surface area (Å²) in [7, 11) is 0. The minimum Gasteiger partial charge on any atom is -0.463 e. The third-order valence-corrected chi connectivity index (χ3v) is 5.56. The van der Waals surface area contributed by atoms with E-state index in [0.717, 1.165) is 0 Å². The summed E-state index contributed by atoms with van der Waals surface area (Å²) in [6.07, 6.45) is -1.28. The molecule has 0 N–H and O–H groups in total. The fourth-order valence-electron chi connectivity index (χ4n) is 4.37. The Kier molecular flexibility index (Phi) is 6.85. The van der Waals surface area contributed by atoms with Crippen molar-refractivity contribution < 1.29 is 52.2 Å². The largest absolute Gasteiger partial charge is 0.463 e. The van der Waals surface area contributed by atoms with Crippen molar-refractivity contribution in [2.45, 2.75) is 102 Å². The molecule has 8 atom stereocenters. The standard InChI is InChI=1S/C22H32O11/c1-11(23)25-9-14-13(27-12(2)24)7-8-16(28-14)26-10-15-17-18(31-21(3,4)30-17)19-20(29-15)33-22(5,6)32-19/h7-8,13-20H,9-10H2,1-6H3/t13-,14?,15?,16-,17?,18?,19?,20?/m0/s1. The molecule has 0 aromatic carbocycles. The van der Waals surface area contributed by atoms with E-state index in [9.17, 15) is 9.59 Å². The maximum Gasteiger partial charge on any atom is 0.303 e. The molecular formula is C22H32O11. The molecule has 0 saturated carbocycles. The van der Waals surface area contributed by atoms with Gasteiger partial charge in [-0.15, -0.1) is 0 Å². The van der Waals surface area contributed by atoms with Crippen molar-refractivity contribution in [3.63, 3.8) is 0 Å². The van der Waals surface area contributed by atoms with Crippen LogP contribution in [0.15, 0.2) is 12.2 Å². The van der Waals surface area contributed by atoms with Gasteiger partial charge in [0.1, 0.15) is 43.2 Å². The Morgan fingerprint density at radius 1 is 0.788 bits per heavy atom. The predicted octanol–water partition coefficient (Wildman–Crippen LogP) is 1.18. The molecule has 0 aliphatic carbocycles. The highest BCUT2D eigenvalue weighted by atomic mass is 16.9. The first-order chi connectivity index (χ1) is 15.4. The monoisotopic (exact) mass is 472 g/mol. The summed E-state index contributed by atoms with van der Waals surface area (Å²) in [5.74, 6) is -2.56. The molecular weight excluding hydrogens is 440 g/mol. The lowest BCUT2D eigenvalue weighted by atomic mass is 9.99. The van der Waals surface area contributed by atoms with Gasteiger partial charge in [-0.3, -0.25) is 9.59 Å². The Hall–Kier alpha value is -1.60. The number of hydrogen-bond acceptors (Lipinski definition) is 11. The Morgan fingerprint density at radius 3 is 2.15 bits per heavy atom. The summed E-state index contributed by atoms with van der Waals surface area (Å²) in [6.45, 7) is 9.92. The van der Waals surface area contributed by atoms with Crippen LogP contribution >= 0.6 is 0 Å². The van der Waals surface area contributed by atoms with Gasteiger partial charge < -0.3 is 42.6 Å². The molecule has 4 aliphatic heterocycles. The van der Waals surface area contributed by atoms with E-state index in [-0.39, 0.29) is 19.3 Å². The van der Waals surface area contributed by atoms with E-state index in [0.29, 0.717) is 0 Å². The first-order valence-corrected chi connectivity index (χ1v) is 11.1. The molecule has 4 rings (SSSR count). The van der Waals surface area contributed by atoms with Gasteiger partial charge >= 0.3 is 11.9 Å². The van der Waals surface area contributed by atoms with Gasteiger partial charge in [0.2, 0.25) is 0 Å². The number of carbonyl (C=O) groups excluding carboxylic acids is 2. The van der Waals surface area contributed by atoms with E-state index in [1.165, 1.54) is 13.8 Å². The van der Waals surface area contributed by atoms with Crippen LogP contribution in [0.4, 0.5) is 0 Å². The molecule has 3 fully saturated rings. The van der Waals surface area contributed by atoms with Crippen molar-refractivity contribution in [1.82, 2.24) is 0 Å². The molecule has 0 bridgehead atoms. The number of fused-ring (bicyclic) bond motifs is 3. The molecule has 11 nitrogen and oxygen atoms in total. The molecule has 0 radical (unpaired) electrons. The van der Waals surface area contributed by atoms with Gasteiger partial charge in [-0.1, -0.05) is 0 Å². The Balaban J connectivity index is 1.41. The number of rotatable bonds is 6. The molecule has 4 heterocycles. The average molecular weight is 472 g/mol. The molecule has 0 aromatic rings. The van der Waals surface area contributed by atoms with Gasteiger partial charge in [0, 0.05) is 13.8 Å². The zero-order valence-corrected chi connectivity index (χ0v) is 19.7. The van der Waals surface area contributed by atoms with Crippen LogP contribution < -0.4 is 0 Å². The highest BCUT2D eigenvalue weighted by Crippen LogP contribution is 2.44. The Labute approximate surface area is 192 Å². The lowest BCUT2D eigenvalue weighted by Crippen LogP contribution is -2.56. The Morgan fingerprint density at radius 2 is 1.45 bits per heavy atom. The van der Waals surface area contributed by atoms with Gasteiger partial charge in [-0.25, -0.2) is 0 Å². The van der Waals surface area contributed by atoms with Gasteiger partial charge in [0.05, 0.1) is 6.61 Å². The van der Waals surface area contributed by atoms with Crippen molar-refractivity contribution >= 4 is 11.9 Å². The van der Waals surface area contributed by atoms with E-state index in [1.807, 2.05) is 27.7 Å². The van der Waals surface area contributed by atoms with Gasteiger partial charge in [0.15, 0.2) is 24.2 Å². The van der Waals surface area contributed by atoms with Crippen molar-refractivity contribution in [1.29, 1.82) is 0 Å². The molecule has 33 heavy (non-hydrogen) atoms. The summed E-state index contributed by atoms with van der Waals surface area (Å²) >= 11 is 0. The van der Waals surface area contributed by atoms with Crippen LogP contribution in [0.2, 0.25) is 0 Å². The first kappa shape index (κ1) is 24.5. The fraction of sp³-hybridized carbons (Fsp3) is 0.818. The molecule has 6 unspecified atom stereocenters. The molecule has 4 aliphatic rings. The summed E-state index contributed by atoms with van der Waals surface area (Å²) < 4.78 is 52.3. The van der Waals surface area contributed by atoms with Gasteiger partial charge in [0.25, 0.3) is 0 Å². The number of esters is 2. The maximum atomic E-state index is 11.4. The third kappa shape index (κ3) is 5.73. The van der Waals surface area contributed by atoms with Crippen LogP contribution in [-0.4, -0.2) is 85.9 Å². The lowest BCUT2D eigenvalue weighted by molar-refractivity contribution is -0.259. The average Bonchev–Trinajstić information content (AvgIpc) is 3.19. The van der Waals surface area contributed by atoms with Crippen molar-refractivity contribution in [2.24, 2.45) is 0 Å². The fourth-order valence-corrected chi connectivity index (χ4v) is 4.37. The number of hydrogen-bond donors (Lipinski definition) is 0. The quantitative estimate of drug-likeness (QED) is 0.410. The third-order valence-electron chi connectivity index (χ3n) is 5.56. The zero-order valence-electron chi connectivity index (χ0n) is 19.7. The van der Waals surface area contributed by atoms with Crippen molar-refractivity contribution in [2.75, 3.05) is 13.2 Å². The minimum absolute atomic E-state index is 0.0860. The van der Waals surface area contributed by atoms with Crippen LogP contribution in [0.5, 0.6) is 0 Å². The minimum atomic E-state index is -0.810. The van der Waals surface area contributed by atoms with Crippen LogP contribution in [-0.2, 0) is 52.2 Å². The molecule has 0 spiro atoms. The van der Waals surface area contributed by atoms with Crippen molar-refractivity contribution in [3.05, 3.63) is 12.2 Å². The smallest absolute Gasteiger partial charge is 0.303 e. The normalized spacial score (nSPS) is 40.7. The zero-order chi connectivity index (χ0) is 24.0. The van der Waals surface area contributed by atoms with E-state index >= 15 is 0 Å². The van der Waals surface area contributed by atoms with Gasteiger partial charge in [-0.2, -0.15) is 0 Å². The SMILES string of the molecule is CC(=O)OCC1O[C@H](OCC2OC3OC(C)(C)OC3C3OC(C)(C)OC23)C=C[C@@H]1OC(C)=O. The Bertz CT molecular complexity index is 778. The second-order valence-corrected chi connectivity index (χ2v) is 9.35. The van der Waals surface area contributed by atoms with Crippen LogP contribution in [0.25, 0.3) is 0 Å². The van der Waals surface area contributed by atoms with E-state index in [1.54, 1.807) is 12.2 Å². The molecule has 186 valence electrons. The lowest BCUT2D eigenvalue weighted by Gasteiger charge is -2.38. The van der Waals surface area contributed by atoms with Crippen LogP contribution in [0, 0.1) is 0 Å². The van der Waals surface area contributed by atoms with Gasteiger partial charge in [-0.05, 0) is 39.8 Å². The van der Waals surface area contributed by atoms with E-state index in [2.05, 4.69) is 0 Å². The molecule has 11 heteroatoms. The summed E-state index contributed by atoms with van der Waals surface area (Å²) in [5.41, 5.74) is 0. The van der Waals surface area contributed by atoms with E-state index < -0.39 is 66.6 Å². The maximum absolute atomic E-state index is 11.4. The van der Waals surface area contributed by atoms with E-state index in [4.69, 9.17) is 42.6 Å². The first-order valence-electron chi connectivity index (χ1n) is 11.1. The highest BCUT2D eigenvalue weighted by molar-refractivity contribution is 5.66. The van der Waals surface area contributed by atoms with Crippen molar-refractivity contribution in [3.8, 4) is 0 Å². The topological polar surface area (TPSA) is 117 Å². The highest BCUT2D eigenvalue weighted by Gasteiger charge is 2.60. The second-order valence-electron chi connectivity index (χ2n) is 9.35. The molecule has 3 saturated heterocycles. The summed E-state index contributed by atoms with van der Waals surface area (Å²) in [4.78, 5) is 22.6.